The van der Waals surface area contributed by atoms with E-state index in [1.54, 1.807) is 18.3 Å². The number of halogens is 6. The van der Waals surface area contributed by atoms with Crippen LogP contribution in [0.2, 0.25) is 0 Å². The molecule has 0 fully saturated rings. The molecular weight excluding hydrogens is 564 g/mol. The summed E-state index contributed by atoms with van der Waals surface area (Å²) in [5, 5.41) is 3.41. The maximum Gasteiger partial charge on any atom is 0.416 e. The Kier molecular flexibility index (Phi) is 6.06. The molecule has 7 rings (SSSR count). The highest BCUT2D eigenvalue weighted by atomic mass is 19.4. The maximum absolute atomic E-state index is 13.4. The van der Waals surface area contributed by atoms with Crippen molar-refractivity contribution in [3.05, 3.63) is 127 Å². The van der Waals surface area contributed by atoms with Crippen LogP contribution in [0, 0.1) is 0 Å². The van der Waals surface area contributed by atoms with Gasteiger partial charge in [-0.25, -0.2) is 4.98 Å². The van der Waals surface area contributed by atoms with Crippen molar-refractivity contribution in [2.24, 2.45) is 0 Å². The second-order valence-corrected chi connectivity index (χ2v) is 10.3. The van der Waals surface area contributed by atoms with Gasteiger partial charge >= 0.3 is 12.4 Å². The van der Waals surface area contributed by atoms with Crippen LogP contribution < -0.4 is 0 Å². The molecule has 0 spiro atoms. The molecule has 212 valence electrons. The molecule has 0 saturated carbocycles. The number of fused-ring (bicyclic) bond motifs is 4. The fourth-order valence-corrected chi connectivity index (χ4v) is 5.37. The highest BCUT2D eigenvalue weighted by molar-refractivity contribution is 6.05. The van der Waals surface area contributed by atoms with Crippen LogP contribution in [0.4, 0.5) is 26.3 Å². The third-order valence-corrected chi connectivity index (χ3v) is 7.56. The molecule has 5 aromatic carbocycles. The Morgan fingerprint density at radius 2 is 1.00 bits per heavy atom. The normalized spacial score (nSPS) is 12.4. The molecule has 2 heterocycles. The van der Waals surface area contributed by atoms with Crippen molar-refractivity contribution in [1.29, 1.82) is 0 Å². The second kappa shape index (κ2) is 9.73. The highest BCUT2D eigenvalue weighted by Gasteiger charge is 2.37. The summed E-state index contributed by atoms with van der Waals surface area (Å²) in [4.78, 5) is 4.28. The van der Waals surface area contributed by atoms with E-state index in [1.165, 1.54) is 6.07 Å². The monoisotopic (exact) mass is 583 g/mol. The van der Waals surface area contributed by atoms with Crippen LogP contribution in [0.15, 0.2) is 120 Å². The fraction of sp³-hybridized carbons (Fsp3) is 0.0571. The Bertz CT molecular complexity index is 2130. The smallest absolute Gasteiger partial charge is 0.416 e. The lowest BCUT2D eigenvalue weighted by Crippen LogP contribution is -2.11. The van der Waals surface area contributed by atoms with E-state index in [1.807, 2.05) is 66.7 Å². The molecule has 7 aromatic rings. The number of alkyl halides is 6. The molecule has 2 nitrogen and oxygen atoms in total. The van der Waals surface area contributed by atoms with Gasteiger partial charge in [0.15, 0.2) is 0 Å². The largest absolute Gasteiger partial charge is 0.438 e. The zero-order valence-electron chi connectivity index (χ0n) is 22.1. The molecule has 0 aliphatic carbocycles. The zero-order chi connectivity index (χ0) is 29.9. The van der Waals surface area contributed by atoms with Crippen LogP contribution in [0.5, 0.6) is 0 Å². The van der Waals surface area contributed by atoms with Crippen LogP contribution in [-0.2, 0) is 12.4 Å². The average Bonchev–Trinajstić information content (AvgIpc) is 3.37. The lowest BCUT2D eigenvalue weighted by atomic mass is 9.95. The van der Waals surface area contributed by atoms with Crippen LogP contribution in [-0.4, -0.2) is 4.98 Å². The third kappa shape index (κ3) is 4.99. The second-order valence-electron chi connectivity index (χ2n) is 10.3. The molecule has 0 N–H and O–H groups in total. The quantitative estimate of drug-likeness (QED) is 0.193. The molecule has 0 radical (unpaired) electrons. The Morgan fingerprint density at radius 3 is 1.60 bits per heavy atom. The first-order chi connectivity index (χ1) is 20.5. The molecule has 43 heavy (non-hydrogen) atoms. The standard InChI is InChI=1S/C35H19F6NO/c36-34(37,38)28-16-27(17-29(19-28)35(39,40)41)24-10-8-22-7-9-23(14-26(22)15-24)20-3-5-21(6-4-20)25-11-12-32-31(18-25)30-2-1-13-42-33(30)43-32/h1-19H. The molecule has 0 saturated heterocycles. The van der Waals surface area contributed by atoms with Gasteiger partial charge < -0.3 is 4.42 Å². The summed E-state index contributed by atoms with van der Waals surface area (Å²) in [7, 11) is 0. The lowest BCUT2D eigenvalue weighted by Gasteiger charge is -2.15. The minimum Gasteiger partial charge on any atom is -0.438 e. The van der Waals surface area contributed by atoms with E-state index < -0.39 is 23.5 Å². The number of aromatic nitrogens is 1. The van der Waals surface area contributed by atoms with E-state index in [9.17, 15) is 26.3 Å². The molecule has 2 aromatic heterocycles. The lowest BCUT2D eigenvalue weighted by molar-refractivity contribution is -0.143. The maximum atomic E-state index is 13.4. The van der Waals surface area contributed by atoms with E-state index in [0.29, 0.717) is 11.1 Å². The summed E-state index contributed by atoms with van der Waals surface area (Å²) in [5.74, 6) is 0. The Balaban J connectivity index is 1.24. The SMILES string of the molecule is FC(F)(F)c1cc(-c2ccc3ccc(-c4ccc(-c5ccc6oc7ncccc7c6c5)cc4)cc3c2)cc(C(F)(F)F)c1. The Hall–Kier alpha value is -5.11. The number of nitrogens with zero attached hydrogens (tertiary/aromatic N) is 1. The molecule has 8 heteroatoms. The predicted molar refractivity (Wildman–Crippen MR) is 155 cm³/mol. The first-order valence-corrected chi connectivity index (χ1v) is 13.2. The van der Waals surface area contributed by atoms with Gasteiger partial charge in [-0.2, -0.15) is 26.3 Å². The number of furan rings is 1. The van der Waals surface area contributed by atoms with E-state index in [0.717, 1.165) is 56.1 Å². The molecule has 0 amide bonds. The molecule has 0 aliphatic heterocycles. The topological polar surface area (TPSA) is 26.0 Å². The van der Waals surface area contributed by atoms with Gasteiger partial charge in [-0.3, -0.25) is 0 Å². The fourth-order valence-electron chi connectivity index (χ4n) is 5.37. The highest BCUT2D eigenvalue weighted by Crippen LogP contribution is 2.39. The Morgan fingerprint density at radius 1 is 0.465 bits per heavy atom. The summed E-state index contributed by atoms with van der Waals surface area (Å²) in [5.41, 5.74) is 2.52. The van der Waals surface area contributed by atoms with Gasteiger partial charge in [0.25, 0.3) is 0 Å². The van der Waals surface area contributed by atoms with Crippen molar-refractivity contribution >= 4 is 32.8 Å². The predicted octanol–water partition coefficient (Wildman–Crippen LogP) is 11.2. The van der Waals surface area contributed by atoms with Gasteiger partial charge in [0.1, 0.15) is 5.58 Å². The summed E-state index contributed by atoms with van der Waals surface area (Å²) >= 11 is 0. The molecule has 0 unspecified atom stereocenters. The van der Waals surface area contributed by atoms with Crippen molar-refractivity contribution in [3.63, 3.8) is 0 Å². The molecule has 0 aliphatic rings. The van der Waals surface area contributed by atoms with Crippen LogP contribution in [0.3, 0.4) is 0 Å². The third-order valence-electron chi connectivity index (χ3n) is 7.56. The summed E-state index contributed by atoms with van der Waals surface area (Å²) < 4.78 is 86.4. The first-order valence-electron chi connectivity index (χ1n) is 13.2. The molecular formula is C35H19F6NO. The van der Waals surface area contributed by atoms with Gasteiger partial charge in [0, 0.05) is 17.0 Å². The number of pyridine rings is 1. The van der Waals surface area contributed by atoms with Crippen molar-refractivity contribution in [2.75, 3.05) is 0 Å². The van der Waals surface area contributed by atoms with Gasteiger partial charge in [-0.15, -0.1) is 0 Å². The van der Waals surface area contributed by atoms with E-state index >= 15 is 0 Å². The minimum atomic E-state index is -4.92. The summed E-state index contributed by atoms with van der Waals surface area (Å²) in [6.45, 7) is 0. The van der Waals surface area contributed by atoms with Crippen LogP contribution >= 0.6 is 0 Å². The number of rotatable bonds is 3. The van der Waals surface area contributed by atoms with Crippen LogP contribution in [0.1, 0.15) is 11.1 Å². The molecule has 0 atom stereocenters. The zero-order valence-corrected chi connectivity index (χ0v) is 22.1. The summed E-state index contributed by atoms with van der Waals surface area (Å²) in [6.07, 6.45) is -8.14. The van der Waals surface area contributed by atoms with Gasteiger partial charge in [-0.1, -0.05) is 54.6 Å². The van der Waals surface area contributed by atoms with E-state index in [4.69, 9.17) is 4.42 Å². The van der Waals surface area contributed by atoms with Crippen LogP contribution in [0.25, 0.3) is 66.2 Å². The number of hydrogen-bond donors (Lipinski definition) is 0. The Labute approximate surface area is 240 Å². The minimum absolute atomic E-state index is 0.138. The van der Waals surface area contributed by atoms with Crippen molar-refractivity contribution in [2.45, 2.75) is 12.4 Å². The average molecular weight is 584 g/mol. The first kappa shape index (κ1) is 26.8. The van der Waals surface area contributed by atoms with E-state index in [2.05, 4.69) is 11.1 Å². The number of hydrogen-bond acceptors (Lipinski definition) is 2. The number of benzene rings is 5. The molecule has 0 bridgehead atoms. The summed E-state index contributed by atoms with van der Waals surface area (Å²) in [6, 6.07) is 29.9. The van der Waals surface area contributed by atoms with Gasteiger partial charge in [-0.05, 0) is 98.8 Å². The van der Waals surface area contributed by atoms with Crippen molar-refractivity contribution in [1.82, 2.24) is 4.98 Å². The van der Waals surface area contributed by atoms with Crippen molar-refractivity contribution < 1.29 is 30.8 Å². The van der Waals surface area contributed by atoms with Crippen molar-refractivity contribution in [3.8, 4) is 33.4 Å². The van der Waals surface area contributed by atoms with Gasteiger partial charge in [0.05, 0.1) is 11.1 Å². The van der Waals surface area contributed by atoms with E-state index in [-0.39, 0.29) is 17.2 Å². The van der Waals surface area contributed by atoms with Gasteiger partial charge in [0.2, 0.25) is 5.71 Å².